The van der Waals surface area contributed by atoms with E-state index in [2.05, 4.69) is 27.1 Å². The average molecular weight is 332 g/mol. The maximum absolute atomic E-state index is 14.0. The second-order valence-electron chi connectivity index (χ2n) is 6.19. The predicted octanol–water partition coefficient (Wildman–Crippen LogP) is 3.63. The van der Waals surface area contributed by atoms with Crippen molar-refractivity contribution in [3.05, 3.63) is 41.7 Å². The Morgan fingerprint density at radius 2 is 2.12 bits per heavy atom. The minimum Gasteiger partial charge on any atom is -0.350 e. The monoisotopic (exact) mass is 332 g/mol. The number of hydrogen-bond acceptors (Lipinski definition) is 4. The van der Waals surface area contributed by atoms with Gasteiger partial charge in [-0.25, -0.2) is 18.7 Å². The number of benzene rings is 1. The van der Waals surface area contributed by atoms with E-state index in [4.69, 9.17) is 0 Å². The van der Waals surface area contributed by atoms with Gasteiger partial charge >= 0.3 is 0 Å². The van der Waals surface area contributed by atoms with Crippen LogP contribution in [0.15, 0.2) is 24.4 Å². The molecule has 2 aromatic rings. The molecular weight excluding hydrogens is 310 g/mol. The Labute approximate surface area is 140 Å². The van der Waals surface area contributed by atoms with Gasteiger partial charge < -0.3 is 10.2 Å². The molecule has 1 N–H and O–H groups in total. The van der Waals surface area contributed by atoms with Gasteiger partial charge in [-0.2, -0.15) is 0 Å². The van der Waals surface area contributed by atoms with Crippen molar-refractivity contribution in [1.82, 2.24) is 14.9 Å². The van der Waals surface area contributed by atoms with E-state index in [1.54, 1.807) is 6.20 Å². The first-order valence-corrected chi connectivity index (χ1v) is 8.34. The molecule has 1 aromatic carbocycles. The number of rotatable bonds is 4. The Bertz CT molecular complexity index is 720. The van der Waals surface area contributed by atoms with Gasteiger partial charge in [-0.3, -0.25) is 0 Å². The summed E-state index contributed by atoms with van der Waals surface area (Å²) in [6, 6.07) is 3.86. The number of hydrogen-bond donors (Lipinski definition) is 1. The lowest BCUT2D eigenvalue weighted by molar-refractivity contribution is 0.226. The third-order valence-electron chi connectivity index (χ3n) is 4.49. The fourth-order valence-electron chi connectivity index (χ4n) is 3.15. The lowest BCUT2D eigenvalue weighted by Gasteiger charge is -2.32. The number of halogens is 2. The van der Waals surface area contributed by atoms with Gasteiger partial charge in [0, 0.05) is 36.0 Å². The molecule has 2 heterocycles. The first-order chi connectivity index (χ1) is 11.6. The van der Waals surface area contributed by atoms with Crippen LogP contribution in [0.2, 0.25) is 0 Å². The first-order valence-electron chi connectivity index (χ1n) is 8.34. The molecule has 0 bridgehead atoms. The number of aryl methyl sites for hydroxylation is 1. The van der Waals surface area contributed by atoms with Gasteiger partial charge in [0.2, 0.25) is 5.95 Å². The lowest BCUT2D eigenvalue weighted by atomic mass is 10.1. The van der Waals surface area contributed by atoms with Gasteiger partial charge in [-0.15, -0.1) is 0 Å². The fourth-order valence-corrected chi connectivity index (χ4v) is 3.15. The van der Waals surface area contributed by atoms with Crippen molar-refractivity contribution >= 4 is 5.95 Å². The molecule has 0 spiro atoms. The third-order valence-corrected chi connectivity index (χ3v) is 4.49. The summed E-state index contributed by atoms with van der Waals surface area (Å²) in [6.45, 7) is 7.13. The zero-order valence-corrected chi connectivity index (χ0v) is 14.0. The number of likely N-dealkylation sites (tertiary alicyclic amines) is 1. The smallest absolute Gasteiger partial charge is 0.223 e. The second-order valence-corrected chi connectivity index (χ2v) is 6.19. The van der Waals surface area contributed by atoms with Crippen molar-refractivity contribution in [2.24, 2.45) is 0 Å². The van der Waals surface area contributed by atoms with Crippen LogP contribution in [0.4, 0.5) is 14.7 Å². The summed E-state index contributed by atoms with van der Waals surface area (Å²) in [5.41, 5.74) is 1.56. The zero-order chi connectivity index (χ0) is 17.1. The Balaban J connectivity index is 1.77. The van der Waals surface area contributed by atoms with Crippen molar-refractivity contribution in [2.75, 3.05) is 25.0 Å². The molecular formula is C18H22F2N4. The van der Waals surface area contributed by atoms with Crippen molar-refractivity contribution in [1.29, 1.82) is 0 Å². The maximum Gasteiger partial charge on any atom is 0.223 e. The number of nitrogens with one attached hydrogen (secondary N) is 1. The quantitative estimate of drug-likeness (QED) is 0.928. The molecule has 1 atom stereocenters. The van der Waals surface area contributed by atoms with Crippen LogP contribution < -0.4 is 5.32 Å². The highest BCUT2D eigenvalue weighted by molar-refractivity contribution is 5.66. The number of likely N-dealkylation sites (N-methyl/N-ethyl adjacent to an activating group) is 1. The van der Waals surface area contributed by atoms with Crippen LogP contribution in [0.25, 0.3) is 11.1 Å². The Hall–Kier alpha value is -2.08. The van der Waals surface area contributed by atoms with Gasteiger partial charge in [0.1, 0.15) is 11.6 Å². The third kappa shape index (κ3) is 3.70. The van der Waals surface area contributed by atoms with Crippen LogP contribution in [0.3, 0.4) is 0 Å². The summed E-state index contributed by atoms with van der Waals surface area (Å²) < 4.78 is 27.0. The molecule has 1 saturated heterocycles. The van der Waals surface area contributed by atoms with E-state index >= 15 is 0 Å². The molecule has 0 aliphatic carbocycles. The van der Waals surface area contributed by atoms with E-state index in [-0.39, 0.29) is 0 Å². The Kier molecular flexibility index (Phi) is 5.04. The highest BCUT2D eigenvalue weighted by atomic mass is 19.1. The average Bonchev–Trinajstić information content (AvgIpc) is 2.56. The van der Waals surface area contributed by atoms with E-state index in [1.165, 1.54) is 12.1 Å². The number of anilines is 1. The summed E-state index contributed by atoms with van der Waals surface area (Å²) in [5, 5.41) is 3.37. The highest BCUT2D eigenvalue weighted by Gasteiger charge is 2.19. The standard InChI is InChI=1S/C18H22F2N4/c1-3-24-8-4-5-14(11-24)23-18-21-10-16(12(2)22-18)15-7-6-13(19)9-17(15)20/h6-7,9-10,14H,3-5,8,11H2,1-2H3,(H,21,22,23)/t14-/m1/s1. The molecule has 0 amide bonds. The van der Waals surface area contributed by atoms with Crippen molar-refractivity contribution < 1.29 is 8.78 Å². The number of nitrogens with zero attached hydrogens (tertiary/aromatic N) is 3. The minimum absolute atomic E-state index is 0.315. The van der Waals surface area contributed by atoms with E-state index < -0.39 is 11.6 Å². The first kappa shape index (κ1) is 16.8. The zero-order valence-electron chi connectivity index (χ0n) is 14.0. The Morgan fingerprint density at radius 1 is 1.29 bits per heavy atom. The molecule has 1 aliphatic rings. The van der Waals surface area contributed by atoms with Crippen LogP contribution in [0.1, 0.15) is 25.5 Å². The van der Waals surface area contributed by atoms with Crippen molar-refractivity contribution in [3.63, 3.8) is 0 Å². The molecule has 1 aromatic heterocycles. The summed E-state index contributed by atoms with van der Waals surface area (Å²) in [5.74, 6) is -0.638. The summed E-state index contributed by atoms with van der Waals surface area (Å²) in [7, 11) is 0. The van der Waals surface area contributed by atoms with Crippen LogP contribution >= 0.6 is 0 Å². The molecule has 24 heavy (non-hydrogen) atoms. The van der Waals surface area contributed by atoms with E-state index in [1.807, 2.05) is 6.92 Å². The molecule has 3 rings (SSSR count). The Morgan fingerprint density at radius 3 is 2.83 bits per heavy atom. The van der Waals surface area contributed by atoms with E-state index in [9.17, 15) is 8.78 Å². The van der Waals surface area contributed by atoms with Crippen LogP contribution in [0, 0.1) is 18.6 Å². The summed E-state index contributed by atoms with van der Waals surface area (Å²) in [6.07, 6.45) is 3.85. The van der Waals surface area contributed by atoms with Gasteiger partial charge in [0.15, 0.2) is 0 Å². The predicted molar refractivity (Wildman–Crippen MR) is 90.9 cm³/mol. The molecule has 0 saturated carbocycles. The molecule has 6 heteroatoms. The second kappa shape index (κ2) is 7.21. The SMILES string of the molecule is CCN1CCC[C@@H](Nc2ncc(-c3ccc(F)cc3F)c(C)n2)C1. The largest absolute Gasteiger partial charge is 0.350 e. The van der Waals surface area contributed by atoms with Crippen molar-refractivity contribution in [2.45, 2.75) is 32.7 Å². The highest BCUT2D eigenvalue weighted by Crippen LogP contribution is 2.26. The molecule has 0 radical (unpaired) electrons. The molecule has 0 unspecified atom stereocenters. The molecule has 128 valence electrons. The number of piperidine rings is 1. The van der Waals surface area contributed by atoms with Gasteiger partial charge in [0.25, 0.3) is 0 Å². The summed E-state index contributed by atoms with van der Waals surface area (Å²) >= 11 is 0. The minimum atomic E-state index is -0.603. The summed E-state index contributed by atoms with van der Waals surface area (Å²) in [4.78, 5) is 11.2. The van der Waals surface area contributed by atoms with Gasteiger partial charge in [-0.05, 0) is 45.0 Å². The fraction of sp³-hybridized carbons (Fsp3) is 0.444. The number of aromatic nitrogens is 2. The molecule has 1 aliphatic heterocycles. The van der Waals surface area contributed by atoms with Crippen LogP contribution in [-0.4, -0.2) is 40.5 Å². The van der Waals surface area contributed by atoms with E-state index in [0.717, 1.165) is 38.5 Å². The van der Waals surface area contributed by atoms with Gasteiger partial charge in [-0.1, -0.05) is 6.92 Å². The normalized spacial score (nSPS) is 18.6. The van der Waals surface area contributed by atoms with Crippen molar-refractivity contribution in [3.8, 4) is 11.1 Å². The molecule has 4 nitrogen and oxygen atoms in total. The molecule has 1 fully saturated rings. The van der Waals surface area contributed by atoms with Crippen LogP contribution in [0.5, 0.6) is 0 Å². The maximum atomic E-state index is 14.0. The van der Waals surface area contributed by atoms with Crippen LogP contribution in [-0.2, 0) is 0 Å². The van der Waals surface area contributed by atoms with E-state index in [0.29, 0.717) is 28.8 Å². The lowest BCUT2D eigenvalue weighted by Crippen LogP contribution is -2.42. The van der Waals surface area contributed by atoms with Gasteiger partial charge in [0.05, 0.1) is 5.69 Å². The topological polar surface area (TPSA) is 41.0 Å².